The molecular formula is C21H17FN6OS. The number of anilines is 1. The largest absolute Gasteiger partial charge is 0.492 e. The minimum Gasteiger partial charge on any atom is -0.492 e. The summed E-state index contributed by atoms with van der Waals surface area (Å²) in [6, 6.07) is 13.0. The zero-order valence-electron chi connectivity index (χ0n) is 15.9. The van der Waals surface area contributed by atoms with Crippen LogP contribution in [0.1, 0.15) is 23.2 Å². The summed E-state index contributed by atoms with van der Waals surface area (Å²) in [5, 5.41) is 19.8. The van der Waals surface area contributed by atoms with Gasteiger partial charge in [-0.25, -0.2) is 4.98 Å². The summed E-state index contributed by atoms with van der Waals surface area (Å²) in [4.78, 5) is 12.8. The molecule has 9 heteroatoms. The smallest absolute Gasteiger partial charge is 0.143 e. The third-order valence-corrected chi connectivity index (χ3v) is 5.05. The normalized spacial score (nSPS) is 10.2. The molecule has 150 valence electrons. The zero-order valence-corrected chi connectivity index (χ0v) is 16.7. The quantitative estimate of drug-likeness (QED) is 0.430. The summed E-state index contributed by atoms with van der Waals surface area (Å²) in [7, 11) is 0. The minimum absolute atomic E-state index is 0.0279. The van der Waals surface area contributed by atoms with Crippen molar-refractivity contribution in [1.29, 1.82) is 10.5 Å². The third-order valence-electron chi connectivity index (χ3n) is 4.04. The molecule has 3 aromatic rings. The van der Waals surface area contributed by atoms with Crippen LogP contribution in [0.2, 0.25) is 0 Å². The maximum absolute atomic E-state index is 12.2. The molecule has 3 rings (SSSR count). The van der Waals surface area contributed by atoms with Crippen molar-refractivity contribution in [2.24, 2.45) is 0 Å². The molecule has 30 heavy (non-hydrogen) atoms. The second kappa shape index (κ2) is 10.2. The Morgan fingerprint density at radius 2 is 1.93 bits per heavy atom. The molecule has 0 aliphatic carbocycles. The molecule has 0 aliphatic rings. The van der Waals surface area contributed by atoms with E-state index in [1.165, 1.54) is 18.0 Å². The summed E-state index contributed by atoms with van der Waals surface area (Å²) in [6.07, 6.45) is 3.44. The first-order valence-corrected chi connectivity index (χ1v) is 9.98. The van der Waals surface area contributed by atoms with Crippen LogP contribution in [0.5, 0.6) is 5.75 Å². The van der Waals surface area contributed by atoms with Crippen LogP contribution >= 0.6 is 11.8 Å². The lowest BCUT2D eigenvalue weighted by Gasteiger charge is -2.13. The molecule has 0 saturated heterocycles. The van der Waals surface area contributed by atoms with Gasteiger partial charge in [-0.3, -0.25) is 14.4 Å². The van der Waals surface area contributed by atoms with E-state index >= 15 is 0 Å². The van der Waals surface area contributed by atoms with Gasteiger partial charge in [-0.2, -0.15) is 10.5 Å². The second-order valence-corrected chi connectivity index (χ2v) is 6.99. The van der Waals surface area contributed by atoms with Gasteiger partial charge < -0.3 is 10.5 Å². The first-order valence-electron chi connectivity index (χ1n) is 8.99. The van der Waals surface area contributed by atoms with Crippen LogP contribution in [0.3, 0.4) is 0 Å². The topological polar surface area (TPSA) is 122 Å². The van der Waals surface area contributed by atoms with E-state index in [0.717, 1.165) is 5.69 Å². The highest BCUT2D eigenvalue weighted by Crippen LogP contribution is 2.36. The predicted molar refractivity (Wildman–Crippen MR) is 111 cm³/mol. The fourth-order valence-electron chi connectivity index (χ4n) is 2.64. The first kappa shape index (κ1) is 21.0. The van der Waals surface area contributed by atoms with Crippen molar-refractivity contribution in [3.05, 3.63) is 59.5 Å². The molecule has 3 aromatic heterocycles. The van der Waals surface area contributed by atoms with Crippen LogP contribution in [0.25, 0.3) is 11.3 Å². The molecule has 7 nitrogen and oxygen atoms in total. The Balaban J connectivity index is 1.97. The highest BCUT2D eigenvalue weighted by atomic mass is 32.2. The van der Waals surface area contributed by atoms with E-state index < -0.39 is 6.67 Å². The zero-order chi connectivity index (χ0) is 21.3. The highest BCUT2D eigenvalue weighted by Gasteiger charge is 2.21. The van der Waals surface area contributed by atoms with Crippen molar-refractivity contribution in [3.63, 3.8) is 0 Å². The molecule has 0 aliphatic heterocycles. The fourth-order valence-corrected chi connectivity index (χ4v) is 3.55. The number of hydrogen-bond acceptors (Lipinski definition) is 8. The second-order valence-electron chi connectivity index (χ2n) is 6.03. The van der Waals surface area contributed by atoms with E-state index in [9.17, 15) is 14.9 Å². The molecule has 0 atom stereocenters. The van der Waals surface area contributed by atoms with Gasteiger partial charge in [0.2, 0.25) is 0 Å². The Morgan fingerprint density at radius 1 is 1.10 bits per heavy atom. The highest BCUT2D eigenvalue weighted by molar-refractivity contribution is 7.98. The predicted octanol–water partition coefficient (Wildman–Crippen LogP) is 3.89. The maximum Gasteiger partial charge on any atom is 0.143 e. The van der Waals surface area contributed by atoms with Crippen molar-refractivity contribution >= 4 is 17.6 Å². The number of aromatic nitrogens is 3. The number of nitrogen functional groups attached to an aromatic ring is 1. The minimum atomic E-state index is -0.461. The Hall–Kier alpha value is -3.69. The monoisotopic (exact) mass is 420 g/mol. The van der Waals surface area contributed by atoms with Gasteiger partial charge in [-0.1, -0.05) is 17.8 Å². The van der Waals surface area contributed by atoms with E-state index in [-0.39, 0.29) is 30.0 Å². The fraction of sp³-hybridized carbons (Fsp3) is 0.190. The summed E-state index contributed by atoms with van der Waals surface area (Å²) < 4.78 is 17.6. The average molecular weight is 420 g/mol. The molecule has 0 unspecified atom stereocenters. The van der Waals surface area contributed by atoms with Crippen LogP contribution in [-0.4, -0.2) is 28.2 Å². The number of halogens is 1. The van der Waals surface area contributed by atoms with E-state index in [1.54, 1.807) is 18.3 Å². The Morgan fingerprint density at radius 3 is 2.57 bits per heavy atom. The van der Waals surface area contributed by atoms with Crippen molar-refractivity contribution < 1.29 is 9.13 Å². The van der Waals surface area contributed by atoms with Crippen LogP contribution in [0, 0.1) is 22.7 Å². The van der Waals surface area contributed by atoms with Crippen LogP contribution in [0.15, 0.2) is 47.8 Å². The standard InChI is InChI=1S/C21H17FN6OS/c22-7-3-9-29-15-5-6-18(27-12-15)19-16(10-23)20(25)28-21(17(19)11-24)30-13-14-4-1-2-8-26-14/h1-2,4-6,8,12H,3,7,9,13H2,(H2,25,28). The van der Waals surface area contributed by atoms with E-state index in [1.807, 2.05) is 24.3 Å². The van der Waals surface area contributed by atoms with Gasteiger partial charge in [-0.05, 0) is 24.3 Å². The van der Waals surface area contributed by atoms with Crippen molar-refractivity contribution in [2.45, 2.75) is 17.2 Å². The number of nitriles is 2. The maximum atomic E-state index is 12.2. The van der Waals surface area contributed by atoms with Crippen molar-refractivity contribution in [3.8, 4) is 29.1 Å². The van der Waals surface area contributed by atoms with Crippen molar-refractivity contribution in [1.82, 2.24) is 15.0 Å². The molecule has 3 heterocycles. The number of nitrogens with zero attached hydrogens (tertiary/aromatic N) is 5. The van der Waals surface area contributed by atoms with E-state index in [2.05, 4.69) is 21.0 Å². The van der Waals surface area contributed by atoms with Gasteiger partial charge >= 0.3 is 0 Å². The summed E-state index contributed by atoms with van der Waals surface area (Å²) in [5.41, 5.74) is 7.87. The number of pyridine rings is 3. The third kappa shape index (κ3) is 4.83. The molecular weight excluding hydrogens is 403 g/mol. The van der Waals surface area contributed by atoms with Gasteiger partial charge in [0.25, 0.3) is 0 Å². The van der Waals surface area contributed by atoms with E-state index in [0.29, 0.717) is 27.8 Å². The molecule has 0 bridgehead atoms. The van der Waals surface area contributed by atoms with Gasteiger partial charge in [0.1, 0.15) is 34.3 Å². The average Bonchev–Trinajstić information content (AvgIpc) is 2.78. The molecule has 0 aromatic carbocycles. The number of nitrogens with two attached hydrogens (primary N) is 1. The summed E-state index contributed by atoms with van der Waals surface area (Å²) in [5.74, 6) is 0.985. The van der Waals surface area contributed by atoms with Gasteiger partial charge in [0, 0.05) is 23.9 Å². The lowest BCUT2D eigenvalue weighted by atomic mass is 10.0. The molecule has 0 saturated carbocycles. The number of rotatable bonds is 8. The van der Waals surface area contributed by atoms with Crippen molar-refractivity contribution in [2.75, 3.05) is 19.0 Å². The van der Waals surface area contributed by atoms with Crippen LogP contribution in [-0.2, 0) is 5.75 Å². The first-order chi connectivity index (χ1) is 14.7. The SMILES string of the molecule is N#Cc1c(N)nc(SCc2ccccn2)c(C#N)c1-c1ccc(OCCCF)cn1. The van der Waals surface area contributed by atoms with Crippen LogP contribution < -0.4 is 10.5 Å². The Kier molecular flexibility index (Phi) is 7.14. The molecule has 0 spiro atoms. The lowest BCUT2D eigenvalue weighted by molar-refractivity contribution is 0.289. The van der Waals surface area contributed by atoms with Gasteiger partial charge in [0.15, 0.2) is 0 Å². The number of ether oxygens (including phenoxy) is 1. The molecule has 2 N–H and O–H groups in total. The molecule has 0 radical (unpaired) electrons. The number of hydrogen-bond donors (Lipinski definition) is 1. The van der Waals surface area contributed by atoms with Gasteiger partial charge in [0.05, 0.1) is 36.4 Å². The number of thioether (sulfide) groups is 1. The number of alkyl halides is 1. The lowest BCUT2D eigenvalue weighted by Crippen LogP contribution is -2.04. The molecule has 0 fully saturated rings. The Labute approximate surface area is 177 Å². The van der Waals surface area contributed by atoms with E-state index in [4.69, 9.17) is 10.5 Å². The van der Waals surface area contributed by atoms with Gasteiger partial charge in [-0.15, -0.1) is 0 Å². The van der Waals surface area contributed by atoms with Crippen LogP contribution in [0.4, 0.5) is 10.2 Å². The Bertz CT molecular complexity index is 1090. The molecule has 0 amide bonds. The summed E-state index contributed by atoms with van der Waals surface area (Å²) >= 11 is 1.31. The summed E-state index contributed by atoms with van der Waals surface area (Å²) in [6.45, 7) is -0.223.